The Kier molecular flexibility index (Phi) is 4.94. The zero-order valence-corrected chi connectivity index (χ0v) is 19.0. The van der Waals surface area contributed by atoms with Crippen LogP contribution in [0.15, 0.2) is 36.1 Å². The number of ketones is 2. The molecule has 0 spiro atoms. The first-order valence-electron chi connectivity index (χ1n) is 10.7. The van der Waals surface area contributed by atoms with Gasteiger partial charge in [0.15, 0.2) is 5.76 Å². The standard InChI is InChI=1S/C26H20O9/c1-10-7-11-8-12-9-15(33-2)19(23(30)16(12)22(29)17(11)26(32)35-10)20-24(31)18-13(5-4-6-14(18)27)21(28)25(20)34-3/h4-6,8-10,27,29-30H,7H2,1-3H3/t10-/m1/s1. The Morgan fingerprint density at radius 1 is 0.914 bits per heavy atom. The van der Waals surface area contributed by atoms with Gasteiger partial charge in [-0.25, -0.2) is 4.79 Å². The van der Waals surface area contributed by atoms with E-state index in [0.29, 0.717) is 17.4 Å². The van der Waals surface area contributed by atoms with Gasteiger partial charge in [0.25, 0.3) is 0 Å². The van der Waals surface area contributed by atoms with Crippen molar-refractivity contribution in [3.8, 4) is 23.0 Å². The summed E-state index contributed by atoms with van der Waals surface area (Å²) in [6.45, 7) is 1.72. The van der Waals surface area contributed by atoms with Crippen LogP contribution in [0.1, 0.15) is 49.1 Å². The van der Waals surface area contributed by atoms with E-state index in [4.69, 9.17) is 14.2 Å². The Hall–Kier alpha value is -4.53. The highest BCUT2D eigenvalue weighted by Crippen LogP contribution is 2.49. The maximum absolute atomic E-state index is 13.6. The van der Waals surface area contributed by atoms with Crippen LogP contribution in [0.2, 0.25) is 0 Å². The molecular formula is C26H20O9. The summed E-state index contributed by atoms with van der Waals surface area (Å²) in [5.74, 6) is -4.09. The number of ether oxygens (including phenoxy) is 3. The molecule has 1 aliphatic carbocycles. The lowest BCUT2D eigenvalue weighted by Crippen LogP contribution is -2.25. The predicted octanol–water partition coefficient (Wildman–Crippen LogP) is 3.50. The lowest BCUT2D eigenvalue weighted by molar-refractivity contribution is 0.0297. The van der Waals surface area contributed by atoms with Crippen molar-refractivity contribution in [1.82, 2.24) is 0 Å². The van der Waals surface area contributed by atoms with Crippen LogP contribution in [0.25, 0.3) is 16.3 Å². The van der Waals surface area contributed by atoms with Gasteiger partial charge in [0, 0.05) is 12.0 Å². The quantitative estimate of drug-likeness (QED) is 0.485. The summed E-state index contributed by atoms with van der Waals surface area (Å²) in [4.78, 5) is 39.2. The Morgan fingerprint density at radius 2 is 1.63 bits per heavy atom. The molecule has 1 atom stereocenters. The number of carbonyl (C=O) groups excluding carboxylic acids is 3. The Bertz CT molecular complexity index is 1510. The van der Waals surface area contributed by atoms with Crippen molar-refractivity contribution in [3.05, 3.63) is 63.9 Å². The van der Waals surface area contributed by atoms with Crippen molar-refractivity contribution in [3.63, 3.8) is 0 Å². The SMILES string of the molecule is COC1=C(c2c(OC)cc3cc4c(c(O)c3c2O)C(=O)O[C@H](C)C4)C(=O)c2c(O)cccc2C1=O. The summed E-state index contributed by atoms with van der Waals surface area (Å²) in [6.07, 6.45) is -0.0353. The smallest absolute Gasteiger partial charge is 0.342 e. The number of benzene rings is 3. The van der Waals surface area contributed by atoms with E-state index in [1.807, 2.05) is 0 Å². The van der Waals surface area contributed by atoms with Gasteiger partial charge >= 0.3 is 5.97 Å². The van der Waals surface area contributed by atoms with E-state index in [1.54, 1.807) is 13.0 Å². The molecule has 0 saturated carbocycles. The van der Waals surface area contributed by atoms with Crippen molar-refractivity contribution in [2.75, 3.05) is 14.2 Å². The molecule has 3 aromatic rings. The van der Waals surface area contributed by atoms with Crippen molar-refractivity contribution in [2.45, 2.75) is 19.4 Å². The average Bonchev–Trinajstić information content (AvgIpc) is 2.80. The van der Waals surface area contributed by atoms with Gasteiger partial charge in [-0.15, -0.1) is 0 Å². The number of esters is 1. The number of methoxy groups -OCH3 is 2. The minimum absolute atomic E-state index is 0.0188. The number of hydrogen-bond donors (Lipinski definition) is 3. The number of fused-ring (bicyclic) bond motifs is 3. The van der Waals surface area contributed by atoms with Crippen LogP contribution in [0.5, 0.6) is 23.0 Å². The van der Waals surface area contributed by atoms with E-state index in [9.17, 15) is 29.7 Å². The van der Waals surface area contributed by atoms with Crippen LogP contribution < -0.4 is 4.74 Å². The summed E-state index contributed by atoms with van der Waals surface area (Å²) in [5.41, 5.74) is -0.428. The number of carbonyl (C=O) groups is 3. The molecule has 3 aromatic carbocycles. The molecule has 1 aliphatic heterocycles. The molecule has 0 aromatic heterocycles. The molecule has 9 heteroatoms. The lowest BCUT2D eigenvalue weighted by atomic mass is 9.82. The summed E-state index contributed by atoms with van der Waals surface area (Å²) in [6, 6.07) is 7.18. The molecule has 0 amide bonds. The Labute approximate surface area is 198 Å². The summed E-state index contributed by atoms with van der Waals surface area (Å²) in [7, 11) is 2.51. The minimum Gasteiger partial charge on any atom is -0.507 e. The first-order chi connectivity index (χ1) is 16.7. The fraction of sp³-hybridized carbons (Fsp3) is 0.192. The fourth-order valence-electron chi connectivity index (χ4n) is 4.80. The molecule has 2 aliphatic rings. The molecule has 0 fully saturated rings. The second-order valence-electron chi connectivity index (χ2n) is 8.35. The molecule has 0 bridgehead atoms. The van der Waals surface area contributed by atoms with Gasteiger partial charge in [-0.1, -0.05) is 6.07 Å². The number of Topliss-reactive ketones (excluding diaryl/α,β-unsaturated/α-hetero) is 2. The van der Waals surface area contributed by atoms with E-state index in [1.165, 1.54) is 38.5 Å². The molecular weight excluding hydrogens is 456 g/mol. The highest BCUT2D eigenvalue weighted by Gasteiger charge is 2.39. The Balaban J connectivity index is 1.87. The van der Waals surface area contributed by atoms with E-state index in [-0.39, 0.29) is 44.7 Å². The highest BCUT2D eigenvalue weighted by atomic mass is 16.5. The third-order valence-corrected chi connectivity index (χ3v) is 6.29. The molecule has 0 radical (unpaired) electrons. The normalized spacial score (nSPS) is 17.2. The van der Waals surface area contributed by atoms with Gasteiger partial charge in [-0.2, -0.15) is 0 Å². The molecule has 3 N–H and O–H groups in total. The van der Waals surface area contributed by atoms with E-state index in [0.717, 1.165) is 0 Å². The van der Waals surface area contributed by atoms with E-state index < -0.39 is 40.9 Å². The molecule has 5 rings (SSSR count). The lowest BCUT2D eigenvalue weighted by Gasteiger charge is -2.25. The number of cyclic esters (lactones) is 1. The second-order valence-corrected chi connectivity index (χ2v) is 8.35. The van der Waals surface area contributed by atoms with E-state index >= 15 is 0 Å². The monoisotopic (exact) mass is 476 g/mol. The van der Waals surface area contributed by atoms with Crippen LogP contribution in [0.4, 0.5) is 0 Å². The molecule has 1 heterocycles. The van der Waals surface area contributed by atoms with Crippen molar-refractivity contribution < 1.29 is 43.9 Å². The van der Waals surface area contributed by atoms with Crippen LogP contribution in [0.3, 0.4) is 0 Å². The number of phenols is 3. The van der Waals surface area contributed by atoms with Gasteiger partial charge in [0.1, 0.15) is 34.7 Å². The minimum atomic E-state index is -0.784. The van der Waals surface area contributed by atoms with Crippen molar-refractivity contribution >= 4 is 33.9 Å². The van der Waals surface area contributed by atoms with Gasteiger partial charge in [0.2, 0.25) is 11.6 Å². The van der Waals surface area contributed by atoms with Crippen molar-refractivity contribution in [1.29, 1.82) is 0 Å². The van der Waals surface area contributed by atoms with E-state index in [2.05, 4.69) is 0 Å². The summed E-state index contributed by atoms with van der Waals surface area (Å²) >= 11 is 0. The summed E-state index contributed by atoms with van der Waals surface area (Å²) < 4.78 is 16.0. The van der Waals surface area contributed by atoms with Crippen LogP contribution in [0, 0.1) is 0 Å². The molecule has 178 valence electrons. The fourth-order valence-corrected chi connectivity index (χ4v) is 4.80. The first-order valence-corrected chi connectivity index (χ1v) is 10.7. The van der Waals surface area contributed by atoms with Gasteiger partial charge in [-0.05, 0) is 42.1 Å². The maximum atomic E-state index is 13.6. The number of phenolic OH excluding ortho intramolecular Hbond substituents is 3. The van der Waals surface area contributed by atoms with Crippen molar-refractivity contribution in [2.24, 2.45) is 0 Å². The third-order valence-electron chi connectivity index (χ3n) is 6.29. The first kappa shape index (κ1) is 22.3. The number of rotatable bonds is 3. The zero-order chi connectivity index (χ0) is 25.2. The summed E-state index contributed by atoms with van der Waals surface area (Å²) in [5, 5.41) is 32.9. The molecule has 0 unspecified atom stereocenters. The van der Waals surface area contributed by atoms with Crippen LogP contribution >= 0.6 is 0 Å². The van der Waals surface area contributed by atoms with Gasteiger partial charge in [-0.3, -0.25) is 9.59 Å². The number of aromatic hydroxyl groups is 3. The average molecular weight is 476 g/mol. The highest BCUT2D eigenvalue weighted by molar-refractivity contribution is 6.41. The topological polar surface area (TPSA) is 140 Å². The van der Waals surface area contributed by atoms with Crippen LogP contribution in [-0.2, 0) is 15.9 Å². The zero-order valence-electron chi connectivity index (χ0n) is 19.0. The maximum Gasteiger partial charge on any atom is 0.342 e. The number of allylic oxidation sites excluding steroid dienone is 2. The third kappa shape index (κ3) is 3.04. The van der Waals surface area contributed by atoms with Gasteiger partial charge in [0.05, 0.1) is 36.3 Å². The molecule has 0 saturated heterocycles. The largest absolute Gasteiger partial charge is 0.507 e. The van der Waals surface area contributed by atoms with Gasteiger partial charge < -0.3 is 29.5 Å². The predicted molar refractivity (Wildman–Crippen MR) is 123 cm³/mol. The Morgan fingerprint density at radius 3 is 2.31 bits per heavy atom. The molecule has 9 nitrogen and oxygen atoms in total. The van der Waals surface area contributed by atoms with Crippen LogP contribution in [-0.4, -0.2) is 53.2 Å². The molecule has 35 heavy (non-hydrogen) atoms. The number of hydrogen-bond acceptors (Lipinski definition) is 9. The second kappa shape index (κ2) is 7.76.